The number of alkyl halides is 2. The van der Waals surface area contributed by atoms with E-state index in [0.29, 0.717) is 31.1 Å². The molecular formula is C45H53F2N3O6. The van der Waals surface area contributed by atoms with E-state index in [1.54, 1.807) is 30.3 Å². The number of para-hydroxylation sites is 1. The predicted octanol–water partition coefficient (Wildman–Crippen LogP) is 7.90. The lowest BCUT2D eigenvalue weighted by Gasteiger charge is -2.20. The van der Waals surface area contributed by atoms with Crippen LogP contribution in [0.5, 0.6) is 11.5 Å². The number of anilines is 1. The van der Waals surface area contributed by atoms with Gasteiger partial charge in [-0.05, 0) is 86.1 Å². The summed E-state index contributed by atoms with van der Waals surface area (Å²) in [6.45, 7) is 4.35. The van der Waals surface area contributed by atoms with Crippen molar-refractivity contribution in [3.63, 3.8) is 0 Å². The van der Waals surface area contributed by atoms with Crippen molar-refractivity contribution in [2.75, 3.05) is 38.2 Å². The van der Waals surface area contributed by atoms with Crippen LogP contribution in [0, 0.1) is 18.8 Å². The molecule has 298 valence electrons. The normalized spacial score (nSPS) is 21.6. The molecule has 6 rings (SSSR count). The van der Waals surface area contributed by atoms with Crippen LogP contribution in [-0.2, 0) is 16.1 Å². The largest absolute Gasteiger partial charge is 0.490 e. The molecule has 3 N–H and O–H groups in total. The van der Waals surface area contributed by atoms with Gasteiger partial charge in [-0.25, -0.2) is 0 Å². The number of rotatable bonds is 19. The Labute approximate surface area is 328 Å². The fourth-order valence-corrected chi connectivity index (χ4v) is 7.54. The van der Waals surface area contributed by atoms with Gasteiger partial charge >= 0.3 is 5.97 Å². The Morgan fingerprint density at radius 2 is 1.88 bits per heavy atom. The second-order valence-corrected chi connectivity index (χ2v) is 14.9. The van der Waals surface area contributed by atoms with Gasteiger partial charge in [0.2, 0.25) is 0 Å². The number of likely N-dealkylation sites (tertiary alicyclic amines) is 1. The van der Waals surface area contributed by atoms with E-state index in [1.165, 1.54) is 17.0 Å². The van der Waals surface area contributed by atoms with E-state index in [-0.39, 0.29) is 32.0 Å². The molecule has 0 amide bonds. The van der Waals surface area contributed by atoms with Crippen molar-refractivity contribution in [1.82, 2.24) is 9.88 Å². The average molecular weight is 770 g/mol. The number of aliphatic hydroxyl groups is 2. The maximum Gasteiger partial charge on any atom is 0.305 e. The van der Waals surface area contributed by atoms with Gasteiger partial charge in [0.15, 0.2) is 6.61 Å². The Kier molecular flexibility index (Phi) is 14.5. The number of halogens is 2. The molecule has 1 aromatic heterocycles. The molecule has 0 bridgehead atoms. The lowest BCUT2D eigenvalue weighted by atomic mass is 9.89. The number of carbonyl (C=O) groups is 1. The Balaban J connectivity index is 0.858. The minimum absolute atomic E-state index is 0.128. The lowest BCUT2D eigenvalue weighted by molar-refractivity contribution is -0.144. The Morgan fingerprint density at radius 1 is 1.02 bits per heavy atom. The number of nitrogens with zero attached hydrogens (tertiary/aromatic N) is 2. The van der Waals surface area contributed by atoms with Crippen molar-refractivity contribution in [1.29, 1.82) is 0 Å². The second-order valence-electron chi connectivity index (χ2n) is 14.9. The van der Waals surface area contributed by atoms with E-state index in [2.05, 4.69) is 57.7 Å². The first kappa shape index (κ1) is 40.8. The predicted molar refractivity (Wildman–Crippen MR) is 214 cm³/mol. The molecule has 1 aliphatic heterocycles. The number of aromatic nitrogens is 1. The van der Waals surface area contributed by atoms with Crippen LogP contribution < -0.4 is 14.8 Å². The monoisotopic (exact) mass is 769 g/mol. The summed E-state index contributed by atoms with van der Waals surface area (Å²) in [7, 11) is 0. The van der Waals surface area contributed by atoms with Gasteiger partial charge in [-0.3, -0.25) is 14.7 Å². The zero-order valence-electron chi connectivity index (χ0n) is 31.9. The van der Waals surface area contributed by atoms with Gasteiger partial charge in [0, 0.05) is 73.3 Å². The number of hydrogen-bond acceptors (Lipinski definition) is 9. The molecule has 1 saturated carbocycles. The number of fused-ring (bicyclic) bond motifs is 1. The summed E-state index contributed by atoms with van der Waals surface area (Å²) >= 11 is 0. The first-order valence-corrected chi connectivity index (χ1v) is 19.6. The van der Waals surface area contributed by atoms with Gasteiger partial charge in [-0.2, -0.15) is 8.78 Å². The summed E-state index contributed by atoms with van der Waals surface area (Å²) in [4.78, 5) is 19.1. The average Bonchev–Trinajstić information content (AvgIpc) is 3.75. The van der Waals surface area contributed by atoms with E-state index in [9.17, 15) is 23.8 Å². The number of esters is 1. The highest BCUT2D eigenvalue weighted by Gasteiger charge is 2.40. The zero-order valence-corrected chi connectivity index (χ0v) is 31.9. The number of carbonyl (C=O) groups excluding carboxylic acids is 1. The maximum atomic E-state index is 14.5. The van der Waals surface area contributed by atoms with E-state index in [4.69, 9.17) is 14.2 Å². The van der Waals surface area contributed by atoms with Gasteiger partial charge in [0.05, 0.1) is 12.2 Å². The molecule has 1 aliphatic carbocycles. The van der Waals surface area contributed by atoms with Crippen molar-refractivity contribution in [2.45, 2.75) is 76.2 Å². The van der Waals surface area contributed by atoms with Gasteiger partial charge in [0.1, 0.15) is 24.7 Å². The van der Waals surface area contributed by atoms with Crippen LogP contribution in [0.25, 0.3) is 10.8 Å². The van der Waals surface area contributed by atoms with Crippen molar-refractivity contribution < 1.29 is 38.0 Å². The van der Waals surface area contributed by atoms with Crippen molar-refractivity contribution in [3.8, 4) is 11.5 Å². The molecule has 9 nitrogen and oxygen atoms in total. The van der Waals surface area contributed by atoms with Crippen LogP contribution in [0.3, 0.4) is 0 Å². The number of aliphatic hydroxyl groups excluding tert-OH is 2. The van der Waals surface area contributed by atoms with Crippen LogP contribution in [0.4, 0.5) is 14.5 Å². The quantitative estimate of drug-likeness (QED) is 0.0498. The third-order valence-corrected chi connectivity index (χ3v) is 10.6. The minimum atomic E-state index is -3.23. The molecule has 2 aliphatic rings. The second kappa shape index (κ2) is 19.8. The summed E-state index contributed by atoms with van der Waals surface area (Å²) in [6, 6.07) is 23.4. The van der Waals surface area contributed by atoms with Crippen LogP contribution in [0.2, 0.25) is 0 Å². The number of pyridine rings is 1. The lowest BCUT2D eigenvalue weighted by Crippen LogP contribution is -2.26. The highest BCUT2D eigenvalue weighted by Crippen LogP contribution is 2.37. The first-order chi connectivity index (χ1) is 27.1. The molecule has 1 saturated heterocycles. The molecule has 0 spiro atoms. The summed E-state index contributed by atoms with van der Waals surface area (Å²) < 4.78 is 45.6. The molecule has 2 heterocycles. The van der Waals surface area contributed by atoms with Gasteiger partial charge in [-0.1, -0.05) is 60.7 Å². The molecule has 0 unspecified atom stereocenters. The van der Waals surface area contributed by atoms with Gasteiger partial charge in [-0.15, -0.1) is 0 Å². The van der Waals surface area contributed by atoms with Crippen LogP contribution in [0.15, 0.2) is 109 Å². The minimum Gasteiger partial charge on any atom is -0.490 e. The fourth-order valence-electron chi connectivity index (χ4n) is 7.54. The number of unbranched alkanes of at least 4 members (excludes halogenated alkanes) is 1. The van der Waals surface area contributed by atoms with Crippen molar-refractivity contribution in [3.05, 3.63) is 121 Å². The SMILES string of the molecule is Cc1ccc(CN2CC[C@@H](Nc3cccc4cnccc34)C2)cc1OCCOC(=O)CCC/C=C\C[C@@H]1[C@@H](/C=C/C(F)(F)COc2ccccc2)[C@H](O)C[C@@H]1O. The molecule has 5 atom stereocenters. The number of allylic oxidation sites excluding steroid dienone is 2. The molecule has 2 fully saturated rings. The number of hydrogen-bond donors (Lipinski definition) is 3. The summed E-state index contributed by atoms with van der Waals surface area (Å²) in [5, 5.41) is 27.0. The molecule has 4 aromatic rings. The van der Waals surface area contributed by atoms with E-state index in [1.807, 2.05) is 31.5 Å². The Bertz CT molecular complexity index is 1920. The van der Waals surface area contributed by atoms with Crippen LogP contribution in [-0.4, -0.2) is 83.1 Å². The zero-order chi connectivity index (χ0) is 39.3. The third-order valence-electron chi connectivity index (χ3n) is 10.6. The van der Waals surface area contributed by atoms with Crippen molar-refractivity contribution in [2.24, 2.45) is 11.8 Å². The molecular weight excluding hydrogens is 717 g/mol. The van der Waals surface area contributed by atoms with Gasteiger partial charge < -0.3 is 29.7 Å². The number of ether oxygens (including phenoxy) is 3. The van der Waals surface area contributed by atoms with Gasteiger partial charge in [0.25, 0.3) is 5.92 Å². The van der Waals surface area contributed by atoms with E-state index in [0.717, 1.165) is 54.5 Å². The van der Waals surface area contributed by atoms with E-state index >= 15 is 0 Å². The highest BCUT2D eigenvalue weighted by molar-refractivity contribution is 5.93. The topological polar surface area (TPSA) is 113 Å². The molecule has 56 heavy (non-hydrogen) atoms. The summed E-state index contributed by atoms with van der Waals surface area (Å²) in [5.74, 6) is -3.41. The highest BCUT2D eigenvalue weighted by atomic mass is 19.3. The van der Waals surface area contributed by atoms with Crippen LogP contribution in [0.1, 0.15) is 49.7 Å². The smallest absolute Gasteiger partial charge is 0.305 e. The molecule has 11 heteroatoms. The fraction of sp³-hybridized carbons (Fsp3) is 0.422. The summed E-state index contributed by atoms with van der Waals surface area (Å²) in [5.41, 5.74) is 3.33. The maximum absolute atomic E-state index is 14.5. The number of aryl methyl sites for hydroxylation is 1. The Hall–Kier alpha value is -4.84. The molecule has 0 radical (unpaired) electrons. The first-order valence-electron chi connectivity index (χ1n) is 19.6. The third kappa shape index (κ3) is 11.8. The summed E-state index contributed by atoms with van der Waals surface area (Å²) in [6.07, 6.45) is 10.9. The Morgan fingerprint density at radius 3 is 2.73 bits per heavy atom. The van der Waals surface area contributed by atoms with Crippen LogP contribution >= 0.6 is 0 Å². The van der Waals surface area contributed by atoms with E-state index < -0.39 is 36.6 Å². The van der Waals surface area contributed by atoms with Crippen molar-refractivity contribution >= 4 is 22.4 Å². The number of benzene rings is 3. The molecule has 3 aromatic carbocycles. The standard InChI is InChI=1S/C45H53F2N3O6/c1-32-16-17-33(29-50-23-20-35(30-50)49-40-14-9-10-34-28-48-22-19-37(34)40)26-43(32)54-24-25-55-44(53)15-8-3-2-7-13-38-39(42(52)27-41(38)51)18-21-45(46,47)31-56-36-11-5-4-6-12-36/h2,4-7,9-12,14,16-19,21-22,26,28,35,38-39,41-42,49,51-52H,3,8,13,15,20,23-25,27,29-31H2,1H3/b7-2-,21-18+/t35-,38-,39-,41+,42-/m1/s1. The number of nitrogens with one attached hydrogen (secondary N) is 1.